The van der Waals surface area contributed by atoms with Gasteiger partial charge in [0.25, 0.3) is 0 Å². The summed E-state index contributed by atoms with van der Waals surface area (Å²) in [5.74, 6) is 0. The first-order valence-electron chi connectivity index (χ1n) is 25.4. The lowest BCUT2D eigenvalue weighted by Crippen LogP contribution is -2.26. The molecule has 73 heavy (non-hydrogen) atoms. The van der Waals surface area contributed by atoms with Crippen LogP contribution >= 0.6 is 0 Å². The van der Waals surface area contributed by atoms with Gasteiger partial charge in [0.15, 0.2) is 0 Å². The van der Waals surface area contributed by atoms with Crippen molar-refractivity contribution in [2.45, 2.75) is 5.41 Å². The zero-order valence-corrected chi connectivity index (χ0v) is 39.8. The molecule has 338 valence electrons. The fourth-order valence-electron chi connectivity index (χ4n) is 13.5. The van der Waals surface area contributed by atoms with Gasteiger partial charge >= 0.3 is 0 Å². The Morgan fingerprint density at radius 2 is 0.795 bits per heavy atom. The summed E-state index contributed by atoms with van der Waals surface area (Å²) < 4.78 is 2.49. The topological polar surface area (TPSA) is 8.17 Å². The van der Waals surface area contributed by atoms with Crippen molar-refractivity contribution >= 4 is 82.0 Å². The molecule has 0 bridgehead atoms. The number of benzene rings is 13. The number of anilines is 3. The minimum absolute atomic E-state index is 0.543. The van der Waals surface area contributed by atoms with Gasteiger partial charge in [-0.3, -0.25) is 0 Å². The van der Waals surface area contributed by atoms with Crippen LogP contribution in [0.5, 0.6) is 0 Å². The molecule has 0 amide bonds. The number of fused-ring (bicyclic) bond motifs is 21. The van der Waals surface area contributed by atoms with Crippen LogP contribution in [0.1, 0.15) is 22.3 Å². The van der Waals surface area contributed by atoms with Crippen LogP contribution < -0.4 is 4.90 Å². The first-order chi connectivity index (χ1) is 36.3. The van der Waals surface area contributed by atoms with Gasteiger partial charge in [0.05, 0.1) is 22.1 Å². The molecule has 2 heteroatoms. The normalized spacial score (nSPS) is 13.0. The highest BCUT2D eigenvalue weighted by molar-refractivity contribution is 6.26. The highest BCUT2D eigenvalue weighted by Gasteiger charge is 2.52. The Hall–Kier alpha value is -9.50. The van der Waals surface area contributed by atoms with Gasteiger partial charge < -0.3 is 9.47 Å². The van der Waals surface area contributed by atoms with Crippen LogP contribution in [0, 0.1) is 0 Å². The molecular weight excluding hydrogens is 881 g/mol. The molecule has 13 aromatic carbocycles. The molecule has 0 saturated carbocycles. The number of hydrogen-bond donors (Lipinski definition) is 0. The van der Waals surface area contributed by atoms with Gasteiger partial charge in [-0.2, -0.15) is 0 Å². The molecule has 2 aliphatic rings. The quantitative estimate of drug-likeness (QED) is 0.156. The Morgan fingerprint density at radius 3 is 1.45 bits per heavy atom. The Bertz CT molecular complexity index is 4540. The maximum absolute atomic E-state index is 2.59. The van der Waals surface area contributed by atoms with E-state index < -0.39 is 5.41 Å². The molecule has 2 aliphatic carbocycles. The predicted molar refractivity (Wildman–Crippen MR) is 307 cm³/mol. The molecule has 0 fully saturated rings. The average molecular weight is 925 g/mol. The second-order valence-electron chi connectivity index (χ2n) is 19.8. The van der Waals surface area contributed by atoms with E-state index in [1.54, 1.807) is 0 Å². The molecule has 16 rings (SSSR count). The summed E-state index contributed by atoms with van der Waals surface area (Å²) in [6.07, 6.45) is 0. The Balaban J connectivity index is 1.08. The van der Waals surface area contributed by atoms with Gasteiger partial charge in [0.1, 0.15) is 0 Å². The van der Waals surface area contributed by atoms with E-state index in [-0.39, 0.29) is 0 Å². The molecule has 14 aromatic rings. The van der Waals surface area contributed by atoms with Gasteiger partial charge in [-0.15, -0.1) is 0 Å². The molecule has 0 saturated heterocycles. The maximum Gasteiger partial charge on any atom is 0.0726 e. The zero-order valence-electron chi connectivity index (χ0n) is 39.8. The number of aromatic nitrogens is 1. The van der Waals surface area contributed by atoms with Crippen molar-refractivity contribution in [3.63, 3.8) is 0 Å². The van der Waals surface area contributed by atoms with Crippen molar-refractivity contribution in [1.29, 1.82) is 0 Å². The largest absolute Gasteiger partial charge is 0.310 e. The summed E-state index contributed by atoms with van der Waals surface area (Å²) in [6, 6.07) is 100. The lowest BCUT2D eigenvalue weighted by atomic mass is 9.70. The molecule has 2 nitrogen and oxygen atoms in total. The van der Waals surface area contributed by atoms with Crippen LogP contribution in [0.2, 0.25) is 0 Å². The number of para-hydroxylation sites is 3. The molecule has 0 radical (unpaired) electrons. The second-order valence-corrected chi connectivity index (χ2v) is 19.8. The zero-order chi connectivity index (χ0) is 47.8. The van der Waals surface area contributed by atoms with Crippen LogP contribution in [-0.4, -0.2) is 4.57 Å². The van der Waals surface area contributed by atoms with E-state index in [4.69, 9.17) is 0 Å². The number of rotatable bonds is 5. The molecule has 0 N–H and O–H groups in total. The van der Waals surface area contributed by atoms with E-state index in [1.165, 1.54) is 121 Å². The average Bonchev–Trinajstić information content (AvgIpc) is 4.07. The molecule has 1 aromatic heterocycles. The maximum atomic E-state index is 2.59. The van der Waals surface area contributed by atoms with Crippen molar-refractivity contribution in [3.8, 4) is 39.1 Å². The van der Waals surface area contributed by atoms with E-state index >= 15 is 0 Å². The lowest BCUT2D eigenvalue weighted by Gasteiger charge is -2.33. The van der Waals surface area contributed by atoms with Gasteiger partial charge in [0, 0.05) is 38.8 Å². The van der Waals surface area contributed by atoms with Gasteiger partial charge in [-0.1, -0.05) is 212 Å². The molecule has 0 unspecified atom stereocenters. The third-order valence-corrected chi connectivity index (χ3v) is 16.3. The number of nitrogens with zero attached hydrogens (tertiary/aromatic N) is 2. The summed E-state index contributed by atoms with van der Waals surface area (Å²) in [6.45, 7) is 0. The second kappa shape index (κ2) is 15.3. The van der Waals surface area contributed by atoms with E-state index in [1.807, 2.05) is 0 Å². The van der Waals surface area contributed by atoms with Crippen molar-refractivity contribution in [2.24, 2.45) is 0 Å². The van der Waals surface area contributed by atoms with Gasteiger partial charge in [-0.05, 0) is 142 Å². The number of hydrogen-bond acceptors (Lipinski definition) is 1. The van der Waals surface area contributed by atoms with Crippen LogP contribution in [0.25, 0.3) is 104 Å². The summed E-state index contributed by atoms with van der Waals surface area (Å²) in [4.78, 5) is 2.55. The standard InChI is InChI=1S/C71H44N2/c1-3-21-46(22-4-1)72(48-39-41-53-51-27-8-7-25-49(51)50-26-9-10-28-52(50)60(53)42-48)68-44-66-61(56-31-13-17-36-65(56)71(66)63-34-15-11-29-54(63)55-30-12-16-35-64(55)71)43-62(68)58-33-19-20-45-38-40-59-57-32-14-18-37-67(57)73(70(59)69(45)58)47-23-5-2-6-24-47/h1-44H. The van der Waals surface area contributed by atoms with Crippen molar-refractivity contribution < 1.29 is 0 Å². The van der Waals surface area contributed by atoms with Crippen molar-refractivity contribution in [2.75, 3.05) is 4.90 Å². The van der Waals surface area contributed by atoms with Crippen LogP contribution in [0.3, 0.4) is 0 Å². The highest BCUT2D eigenvalue weighted by Crippen LogP contribution is 2.64. The van der Waals surface area contributed by atoms with Crippen molar-refractivity contribution in [3.05, 3.63) is 289 Å². The first kappa shape index (κ1) is 40.3. The summed E-state index contributed by atoms with van der Waals surface area (Å²) >= 11 is 0. The Morgan fingerprint density at radius 1 is 0.288 bits per heavy atom. The Labute approximate surface area is 422 Å². The monoisotopic (exact) mass is 924 g/mol. The van der Waals surface area contributed by atoms with Gasteiger partial charge in [-0.25, -0.2) is 0 Å². The van der Waals surface area contributed by atoms with Crippen LogP contribution in [0.4, 0.5) is 17.1 Å². The summed E-state index contributed by atoms with van der Waals surface area (Å²) in [7, 11) is 0. The molecule has 1 spiro atoms. The SMILES string of the molecule is c1ccc(N(c2ccc3c4ccccc4c4ccccc4c3c2)c2cc3c(cc2-c2cccc4ccc5c6ccccc6n(-c6ccccc6)c5c24)-c2ccccc2C32c3ccccc3-c3ccccc32)cc1. The minimum Gasteiger partial charge on any atom is -0.310 e. The molecule has 0 atom stereocenters. The fraction of sp³-hybridized carbons (Fsp3) is 0.0141. The lowest BCUT2D eigenvalue weighted by molar-refractivity contribution is 0.794. The van der Waals surface area contributed by atoms with E-state index in [0.717, 1.165) is 22.7 Å². The van der Waals surface area contributed by atoms with Gasteiger partial charge in [0.2, 0.25) is 0 Å². The summed E-state index contributed by atoms with van der Waals surface area (Å²) in [5.41, 5.74) is 19.1. The minimum atomic E-state index is -0.543. The van der Waals surface area contributed by atoms with E-state index in [2.05, 4.69) is 276 Å². The van der Waals surface area contributed by atoms with Crippen LogP contribution in [-0.2, 0) is 5.41 Å². The van der Waals surface area contributed by atoms with Crippen LogP contribution in [0.15, 0.2) is 267 Å². The first-order valence-corrected chi connectivity index (χ1v) is 25.4. The third-order valence-electron chi connectivity index (χ3n) is 16.3. The molecule has 1 heterocycles. The molecule has 0 aliphatic heterocycles. The van der Waals surface area contributed by atoms with E-state index in [9.17, 15) is 0 Å². The third kappa shape index (κ3) is 5.47. The fourth-order valence-corrected chi connectivity index (χ4v) is 13.5. The summed E-state index contributed by atoms with van der Waals surface area (Å²) in [5, 5.41) is 12.4. The highest BCUT2D eigenvalue weighted by atomic mass is 15.1. The Kier molecular flexibility index (Phi) is 8.41. The predicted octanol–water partition coefficient (Wildman–Crippen LogP) is 18.9. The van der Waals surface area contributed by atoms with E-state index in [0.29, 0.717) is 0 Å². The van der Waals surface area contributed by atoms with Crippen molar-refractivity contribution in [1.82, 2.24) is 4.57 Å². The molecular formula is C71H44N2. The smallest absolute Gasteiger partial charge is 0.0726 e.